The molecule has 0 saturated carbocycles. The third-order valence-electron chi connectivity index (χ3n) is 3.45. The van der Waals surface area contributed by atoms with Crippen molar-refractivity contribution in [2.24, 2.45) is 0 Å². The molecule has 2 rings (SSSR count). The smallest absolute Gasteiger partial charge is 0.321 e. The monoisotopic (exact) mass is 412 g/mol. The van der Waals surface area contributed by atoms with Gasteiger partial charge in [0.1, 0.15) is 0 Å². The Labute approximate surface area is 165 Å². The highest BCUT2D eigenvalue weighted by Gasteiger charge is 2.16. The second-order valence-corrected chi connectivity index (χ2v) is 7.29. The number of aromatic nitrogens is 2. The Morgan fingerprint density at radius 1 is 1.41 bits per heavy atom. The van der Waals surface area contributed by atoms with Gasteiger partial charge in [-0.2, -0.15) is 0 Å². The van der Waals surface area contributed by atoms with Crippen LogP contribution < -0.4 is 16.2 Å². The number of nitrogens with zero attached hydrogens (tertiary/aromatic N) is 2. The molecule has 3 amide bonds. The van der Waals surface area contributed by atoms with E-state index in [2.05, 4.69) is 15.6 Å². The van der Waals surface area contributed by atoms with Crippen molar-refractivity contribution in [2.45, 2.75) is 38.1 Å². The Balaban J connectivity index is 2.23. The number of imide groups is 1. The van der Waals surface area contributed by atoms with Gasteiger partial charge in [-0.1, -0.05) is 30.3 Å². The fraction of sp³-hybridized carbons (Fsp3) is 0.412. The predicted molar refractivity (Wildman–Crippen MR) is 105 cm³/mol. The van der Waals surface area contributed by atoms with E-state index in [4.69, 9.17) is 11.6 Å². The van der Waals surface area contributed by atoms with Crippen LogP contribution in [0, 0.1) is 0 Å². The summed E-state index contributed by atoms with van der Waals surface area (Å²) in [5.74, 6) is -0.629. The lowest BCUT2D eigenvalue weighted by Crippen LogP contribution is -2.40. The number of aliphatic hydroxyl groups excluding tert-OH is 1. The van der Waals surface area contributed by atoms with Gasteiger partial charge in [-0.25, -0.2) is 9.78 Å². The number of aliphatic hydroxyl groups is 1. The largest absolute Gasteiger partial charge is 0.392 e. The van der Waals surface area contributed by atoms with Crippen LogP contribution in [0.3, 0.4) is 0 Å². The molecule has 0 fully saturated rings. The van der Waals surface area contributed by atoms with Crippen molar-refractivity contribution in [1.82, 2.24) is 20.2 Å². The van der Waals surface area contributed by atoms with Crippen molar-refractivity contribution < 1.29 is 14.7 Å². The van der Waals surface area contributed by atoms with E-state index in [9.17, 15) is 19.5 Å². The molecular weight excluding hydrogens is 392 g/mol. The standard InChI is InChI=1S/C17H21ClN4O4S/c1-3-6-19-16(26)21-14(24)9-27-17-20-13-7-11(18)4-5-12(13)15(25)22(17)8-10(2)23/h4-5,7,10,23H,3,6,8-9H2,1-2H3,(H2,19,21,24,26)/t10-/m0/s1. The van der Waals surface area contributed by atoms with Crippen LogP contribution in [-0.4, -0.2) is 45.0 Å². The summed E-state index contributed by atoms with van der Waals surface area (Å²) >= 11 is 6.97. The molecule has 0 aliphatic rings. The first-order valence-corrected chi connectivity index (χ1v) is 9.76. The van der Waals surface area contributed by atoms with Crippen molar-refractivity contribution in [1.29, 1.82) is 0 Å². The lowest BCUT2D eigenvalue weighted by atomic mass is 10.2. The van der Waals surface area contributed by atoms with Gasteiger partial charge in [-0.3, -0.25) is 19.5 Å². The summed E-state index contributed by atoms with van der Waals surface area (Å²) in [6.07, 6.45) is -0.0202. The lowest BCUT2D eigenvalue weighted by Gasteiger charge is -2.14. The maximum atomic E-state index is 12.7. The zero-order valence-corrected chi connectivity index (χ0v) is 16.6. The number of carbonyl (C=O) groups is 2. The average Bonchev–Trinajstić information content (AvgIpc) is 2.60. The Morgan fingerprint density at radius 3 is 2.81 bits per heavy atom. The third kappa shape index (κ3) is 5.95. The zero-order chi connectivity index (χ0) is 20.0. The van der Waals surface area contributed by atoms with Crippen LogP contribution in [0.1, 0.15) is 20.3 Å². The number of nitrogens with one attached hydrogen (secondary N) is 2. The summed E-state index contributed by atoms with van der Waals surface area (Å²) in [6, 6.07) is 4.16. The first-order valence-electron chi connectivity index (χ1n) is 8.40. The van der Waals surface area contributed by atoms with Crippen LogP contribution in [0.2, 0.25) is 5.02 Å². The average molecular weight is 413 g/mol. The van der Waals surface area contributed by atoms with Gasteiger partial charge < -0.3 is 10.4 Å². The summed E-state index contributed by atoms with van der Waals surface area (Å²) in [4.78, 5) is 40.6. The molecule has 146 valence electrons. The third-order valence-corrected chi connectivity index (χ3v) is 4.66. The number of hydrogen-bond acceptors (Lipinski definition) is 6. The number of urea groups is 1. The molecule has 1 atom stereocenters. The number of fused-ring (bicyclic) bond motifs is 1. The van der Waals surface area contributed by atoms with Gasteiger partial charge in [0.2, 0.25) is 5.91 Å². The van der Waals surface area contributed by atoms with Gasteiger partial charge in [0.15, 0.2) is 5.16 Å². The lowest BCUT2D eigenvalue weighted by molar-refractivity contribution is -0.117. The molecule has 0 spiro atoms. The molecule has 2 aromatic rings. The van der Waals surface area contributed by atoms with Gasteiger partial charge in [0.05, 0.1) is 29.3 Å². The SMILES string of the molecule is CCCNC(=O)NC(=O)CSc1nc2cc(Cl)ccc2c(=O)n1C[C@H](C)O. The summed E-state index contributed by atoms with van der Waals surface area (Å²) in [5.41, 5.74) is 0.0686. The Bertz CT molecular complexity index is 900. The number of carbonyl (C=O) groups excluding carboxylic acids is 2. The van der Waals surface area contributed by atoms with Crippen molar-refractivity contribution in [3.8, 4) is 0 Å². The van der Waals surface area contributed by atoms with Crippen LogP contribution in [0.4, 0.5) is 4.79 Å². The molecule has 8 nitrogen and oxygen atoms in total. The molecule has 0 aliphatic carbocycles. The molecule has 1 aromatic heterocycles. The highest BCUT2D eigenvalue weighted by molar-refractivity contribution is 7.99. The summed E-state index contributed by atoms with van der Waals surface area (Å²) < 4.78 is 1.32. The molecule has 0 bridgehead atoms. The second kappa shape index (κ2) is 9.72. The van der Waals surface area contributed by atoms with E-state index in [-0.39, 0.29) is 23.0 Å². The molecule has 1 aromatic carbocycles. The first-order chi connectivity index (χ1) is 12.8. The number of rotatable bonds is 7. The Kier molecular flexibility index (Phi) is 7.64. The maximum absolute atomic E-state index is 12.7. The van der Waals surface area contributed by atoms with Crippen molar-refractivity contribution >= 4 is 46.2 Å². The van der Waals surface area contributed by atoms with Gasteiger partial charge in [0, 0.05) is 11.6 Å². The molecule has 0 aliphatic heterocycles. The van der Waals surface area contributed by atoms with Crippen LogP contribution in [0.25, 0.3) is 10.9 Å². The van der Waals surface area contributed by atoms with Gasteiger partial charge >= 0.3 is 6.03 Å². The minimum atomic E-state index is -0.776. The molecule has 3 N–H and O–H groups in total. The maximum Gasteiger partial charge on any atom is 0.321 e. The Hall–Kier alpha value is -2.10. The minimum Gasteiger partial charge on any atom is -0.392 e. The van der Waals surface area contributed by atoms with E-state index < -0.39 is 18.0 Å². The summed E-state index contributed by atoms with van der Waals surface area (Å²) in [7, 11) is 0. The van der Waals surface area contributed by atoms with Crippen molar-refractivity contribution in [3.05, 3.63) is 33.6 Å². The predicted octanol–water partition coefficient (Wildman–Crippen LogP) is 1.76. The van der Waals surface area contributed by atoms with E-state index in [1.165, 1.54) is 4.57 Å². The fourth-order valence-corrected chi connectivity index (χ4v) is 3.26. The highest BCUT2D eigenvalue weighted by atomic mass is 35.5. The van der Waals surface area contributed by atoms with Crippen LogP contribution in [0.5, 0.6) is 0 Å². The van der Waals surface area contributed by atoms with E-state index >= 15 is 0 Å². The van der Waals surface area contributed by atoms with Crippen LogP contribution in [-0.2, 0) is 11.3 Å². The molecule has 0 unspecified atom stereocenters. The minimum absolute atomic E-state index is 0.0331. The normalized spacial score (nSPS) is 12.0. The van der Waals surface area contributed by atoms with E-state index in [0.29, 0.717) is 22.5 Å². The van der Waals surface area contributed by atoms with Crippen LogP contribution >= 0.6 is 23.4 Å². The van der Waals surface area contributed by atoms with Crippen LogP contribution in [0.15, 0.2) is 28.2 Å². The highest BCUT2D eigenvalue weighted by Crippen LogP contribution is 2.20. The molecular formula is C17H21ClN4O4S. The summed E-state index contributed by atoms with van der Waals surface area (Å²) in [6.45, 7) is 3.95. The molecule has 1 heterocycles. The molecule has 0 saturated heterocycles. The van der Waals surface area contributed by atoms with Gasteiger partial charge in [-0.05, 0) is 31.5 Å². The number of benzene rings is 1. The van der Waals surface area contributed by atoms with E-state index in [1.807, 2.05) is 6.92 Å². The second-order valence-electron chi connectivity index (χ2n) is 5.91. The number of halogens is 1. The van der Waals surface area contributed by atoms with Crippen molar-refractivity contribution in [2.75, 3.05) is 12.3 Å². The summed E-state index contributed by atoms with van der Waals surface area (Å²) in [5, 5.41) is 15.5. The van der Waals surface area contributed by atoms with E-state index in [0.717, 1.165) is 18.2 Å². The zero-order valence-electron chi connectivity index (χ0n) is 15.0. The van der Waals surface area contributed by atoms with Gasteiger partial charge in [0.25, 0.3) is 5.56 Å². The Morgan fingerprint density at radius 2 is 2.15 bits per heavy atom. The topological polar surface area (TPSA) is 113 Å². The number of thioether (sulfide) groups is 1. The molecule has 0 radical (unpaired) electrons. The molecule has 10 heteroatoms. The first kappa shape index (κ1) is 21.2. The van der Waals surface area contributed by atoms with Crippen molar-refractivity contribution in [3.63, 3.8) is 0 Å². The van der Waals surface area contributed by atoms with Gasteiger partial charge in [-0.15, -0.1) is 0 Å². The number of amides is 3. The molecule has 27 heavy (non-hydrogen) atoms. The number of hydrogen-bond donors (Lipinski definition) is 3. The quantitative estimate of drug-likeness (QED) is 0.471. The fourth-order valence-electron chi connectivity index (χ4n) is 2.28. The van der Waals surface area contributed by atoms with E-state index in [1.54, 1.807) is 25.1 Å².